The summed E-state index contributed by atoms with van der Waals surface area (Å²) in [6.07, 6.45) is 11.8. The molecule has 5 heteroatoms. The summed E-state index contributed by atoms with van der Waals surface area (Å²) in [6.45, 7) is 18.8. The molecule has 0 bridgehead atoms. The Balaban J connectivity index is 0.000000502. The van der Waals surface area contributed by atoms with Gasteiger partial charge in [0.15, 0.2) is 0 Å². The lowest BCUT2D eigenvalue weighted by molar-refractivity contribution is 0.587. The quantitative estimate of drug-likeness (QED) is 0.310. The molecule has 0 aromatic carbocycles. The van der Waals surface area contributed by atoms with Crippen molar-refractivity contribution in [2.45, 2.75) is 66.3 Å². The number of halogens is 1. The van der Waals surface area contributed by atoms with Gasteiger partial charge in [-0.05, 0) is 88.0 Å². The maximum absolute atomic E-state index is 5.88. The van der Waals surface area contributed by atoms with E-state index in [1.54, 1.807) is 0 Å². The number of pyridine rings is 2. The van der Waals surface area contributed by atoms with E-state index in [2.05, 4.69) is 67.8 Å². The highest BCUT2D eigenvalue weighted by atomic mass is 35.5. The van der Waals surface area contributed by atoms with Crippen LogP contribution < -0.4 is 11.1 Å². The maximum Gasteiger partial charge on any atom is 0.0582 e. The molecule has 0 atom stereocenters. The third-order valence-electron chi connectivity index (χ3n) is 5.62. The molecule has 0 saturated heterocycles. The number of nitrogens with two attached hydrogens (primary N) is 1. The van der Waals surface area contributed by atoms with Crippen LogP contribution in [0, 0.1) is 20.8 Å². The number of aryl methyl sites for hydroxylation is 3. The second-order valence-corrected chi connectivity index (χ2v) is 9.22. The Morgan fingerprint density at radius 1 is 1.18 bits per heavy atom. The molecular weight excluding hydrogens is 428 g/mol. The Kier molecular flexibility index (Phi) is 12.9. The Hall–Kier alpha value is -2.27. The van der Waals surface area contributed by atoms with Crippen LogP contribution in [-0.4, -0.2) is 23.1 Å². The number of hydrogen-bond acceptors (Lipinski definition) is 4. The normalized spacial score (nSPS) is 11.9. The van der Waals surface area contributed by atoms with Gasteiger partial charge in [0.05, 0.1) is 5.69 Å². The first-order valence-corrected chi connectivity index (χ1v) is 12.0. The van der Waals surface area contributed by atoms with Crippen LogP contribution in [0.2, 0.25) is 0 Å². The Bertz CT molecular complexity index is 945. The fourth-order valence-corrected chi connectivity index (χ4v) is 3.60. The van der Waals surface area contributed by atoms with Gasteiger partial charge >= 0.3 is 0 Å². The number of hydrogen-bond donors (Lipinski definition) is 2. The molecule has 0 radical (unpaired) electrons. The predicted molar refractivity (Wildman–Crippen MR) is 144 cm³/mol. The van der Waals surface area contributed by atoms with Crippen molar-refractivity contribution in [1.82, 2.24) is 15.3 Å². The zero-order valence-corrected chi connectivity index (χ0v) is 22.0. The van der Waals surface area contributed by atoms with E-state index in [9.17, 15) is 0 Å². The van der Waals surface area contributed by atoms with E-state index in [0.717, 1.165) is 43.9 Å². The van der Waals surface area contributed by atoms with Crippen LogP contribution in [0.1, 0.15) is 61.7 Å². The van der Waals surface area contributed by atoms with Crippen LogP contribution in [0.5, 0.6) is 0 Å². The van der Waals surface area contributed by atoms with E-state index in [4.69, 9.17) is 17.3 Å². The number of rotatable bonds is 10. The molecule has 180 valence electrons. The molecule has 0 unspecified atom stereocenters. The van der Waals surface area contributed by atoms with Crippen molar-refractivity contribution < 1.29 is 0 Å². The van der Waals surface area contributed by atoms with Gasteiger partial charge < -0.3 is 11.1 Å². The molecule has 3 N–H and O–H groups in total. The van der Waals surface area contributed by atoms with E-state index < -0.39 is 0 Å². The summed E-state index contributed by atoms with van der Waals surface area (Å²) in [6, 6.07) is 6.28. The van der Waals surface area contributed by atoms with Crippen LogP contribution in [-0.2, 0) is 12.0 Å². The van der Waals surface area contributed by atoms with Crippen molar-refractivity contribution in [2.24, 2.45) is 5.73 Å². The second kappa shape index (κ2) is 14.8. The summed E-state index contributed by atoms with van der Waals surface area (Å²) >= 11 is 5.88. The molecular formula is C28H41ClN4. The topological polar surface area (TPSA) is 63.8 Å². The fraction of sp³-hybridized carbons (Fsp3) is 0.429. The average molecular weight is 469 g/mol. The molecule has 0 saturated carbocycles. The average Bonchev–Trinajstić information content (AvgIpc) is 2.77. The minimum atomic E-state index is -0.167. The van der Waals surface area contributed by atoms with Crippen molar-refractivity contribution in [3.8, 4) is 0 Å². The van der Waals surface area contributed by atoms with Gasteiger partial charge in [-0.15, -0.1) is 0 Å². The number of allylic oxidation sites excluding steroid dienone is 5. The second-order valence-electron chi connectivity index (χ2n) is 8.73. The third-order valence-corrected chi connectivity index (χ3v) is 5.74. The van der Waals surface area contributed by atoms with Crippen LogP contribution in [0.4, 0.5) is 0 Å². The summed E-state index contributed by atoms with van der Waals surface area (Å²) in [4.78, 5) is 8.77. The van der Waals surface area contributed by atoms with Gasteiger partial charge in [-0.1, -0.05) is 56.3 Å². The van der Waals surface area contributed by atoms with E-state index in [1.165, 1.54) is 22.3 Å². The highest BCUT2D eigenvalue weighted by molar-refractivity contribution is 6.30. The molecule has 0 amide bonds. The van der Waals surface area contributed by atoms with Gasteiger partial charge in [0.1, 0.15) is 0 Å². The molecule has 2 aromatic heterocycles. The minimum absolute atomic E-state index is 0.167. The third kappa shape index (κ3) is 10.0. The summed E-state index contributed by atoms with van der Waals surface area (Å²) in [7, 11) is 0. The lowest BCUT2D eigenvalue weighted by atomic mass is 9.76. The Morgan fingerprint density at radius 3 is 2.48 bits per heavy atom. The summed E-state index contributed by atoms with van der Waals surface area (Å²) in [5.41, 5.74) is 12.5. The molecule has 0 aliphatic rings. The maximum atomic E-state index is 5.88. The molecule has 0 fully saturated rings. The van der Waals surface area contributed by atoms with Gasteiger partial charge in [-0.3, -0.25) is 9.97 Å². The van der Waals surface area contributed by atoms with E-state index in [1.807, 2.05) is 44.5 Å². The lowest BCUT2D eigenvalue weighted by Gasteiger charge is -2.29. The van der Waals surface area contributed by atoms with Gasteiger partial charge in [-0.2, -0.15) is 0 Å². The smallest absolute Gasteiger partial charge is 0.0582 e. The van der Waals surface area contributed by atoms with Crippen molar-refractivity contribution in [2.75, 3.05) is 13.1 Å². The lowest BCUT2D eigenvalue weighted by Crippen LogP contribution is -2.25. The van der Waals surface area contributed by atoms with Crippen molar-refractivity contribution >= 4 is 11.6 Å². The fourth-order valence-electron chi connectivity index (χ4n) is 3.53. The first kappa shape index (κ1) is 28.8. The number of aromatic nitrogens is 2. The van der Waals surface area contributed by atoms with Crippen LogP contribution in [0.15, 0.2) is 66.0 Å². The largest absolute Gasteiger partial charge is 0.330 e. The predicted octanol–water partition coefficient (Wildman–Crippen LogP) is 6.45. The molecule has 0 aliphatic carbocycles. The van der Waals surface area contributed by atoms with Crippen molar-refractivity contribution in [3.63, 3.8) is 0 Å². The number of nitrogens with zero attached hydrogens (tertiary/aromatic N) is 2. The van der Waals surface area contributed by atoms with Crippen LogP contribution >= 0.6 is 11.6 Å². The molecule has 0 spiro atoms. The Labute approximate surface area is 206 Å². The minimum Gasteiger partial charge on any atom is -0.330 e. The number of nitrogens with one attached hydrogen (secondary N) is 1. The van der Waals surface area contributed by atoms with Gasteiger partial charge in [-0.25, -0.2) is 0 Å². The summed E-state index contributed by atoms with van der Waals surface area (Å²) in [5.74, 6) is 0. The van der Waals surface area contributed by atoms with Crippen molar-refractivity contribution in [3.05, 3.63) is 94.1 Å². The van der Waals surface area contributed by atoms with E-state index in [-0.39, 0.29) is 5.41 Å². The van der Waals surface area contributed by atoms with Gasteiger partial charge in [0.2, 0.25) is 0 Å². The molecule has 2 aromatic rings. The highest BCUT2D eigenvalue weighted by Gasteiger charge is 2.26. The standard InChI is InChI=1S/C20H30ClN3.C8H11N/c1-5-17(11-10-16(2)21)20(3,4)18-9-8-14-24-19(18)15-23-13-7-6-12-22;1-6-4-7(2)8(3)9-5-6/h5,8-11,14,23H,2,6-7,12-13,15,22H2,1,3-4H3;4-5H,1-3H3/b11-10-,17-5+;. The SMILES string of the molecule is C=C(Cl)/C=C\C(=C/C)C(C)(C)c1cccnc1CNCCCCN.Cc1cnc(C)c(C)c1. The van der Waals surface area contributed by atoms with Crippen LogP contribution in [0.3, 0.4) is 0 Å². The zero-order chi connectivity index (χ0) is 24.9. The molecule has 2 rings (SSSR count). The molecule has 33 heavy (non-hydrogen) atoms. The molecule has 2 heterocycles. The van der Waals surface area contributed by atoms with Crippen molar-refractivity contribution in [1.29, 1.82) is 0 Å². The van der Waals surface area contributed by atoms with E-state index in [0.29, 0.717) is 5.03 Å². The zero-order valence-electron chi connectivity index (χ0n) is 21.2. The van der Waals surface area contributed by atoms with Crippen LogP contribution in [0.25, 0.3) is 0 Å². The summed E-state index contributed by atoms with van der Waals surface area (Å²) in [5, 5.41) is 3.99. The Morgan fingerprint density at radius 2 is 1.91 bits per heavy atom. The number of unbranched alkanes of at least 4 members (excludes halogenated alkanes) is 1. The summed E-state index contributed by atoms with van der Waals surface area (Å²) < 4.78 is 0. The first-order chi connectivity index (χ1) is 15.6. The highest BCUT2D eigenvalue weighted by Crippen LogP contribution is 2.34. The molecule has 4 nitrogen and oxygen atoms in total. The van der Waals surface area contributed by atoms with Gasteiger partial charge in [0.25, 0.3) is 0 Å². The first-order valence-electron chi connectivity index (χ1n) is 11.6. The molecule has 0 aliphatic heterocycles. The van der Waals surface area contributed by atoms with E-state index >= 15 is 0 Å². The van der Waals surface area contributed by atoms with Gasteiger partial charge in [0, 0.05) is 35.1 Å². The monoisotopic (exact) mass is 468 g/mol.